The Hall–Kier alpha value is -1.15. The van der Waals surface area contributed by atoms with Crippen LogP contribution in [0.25, 0.3) is 0 Å². The Morgan fingerprint density at radius 2 is 2.17 bits per heavy atom. The van der Waals surface area contributed by atoms with Crippen molar-refractivity contribution in [2.24, 2.45) is 29.6 Å². The number of fused-ring (bicyclic) bond motifs is 1. The van der Waals surface area contributed by atoms with Gasteiger partial charge in [0.1, 0.15) is 0 Å². The molecule has 1 N–H and O–H groups in total. The van der Waals surface area contributed by atoms with Gasteiger partial charge in [0.25, 0.3) is 0 Å². The van der Waals surface area contributed by atoms with Crippen LogP contribution in [0.3, 0.4) is 0 Å². The number of aliphatic hydroxyl groups is 1. The highest BCUT2D eigenvalue weighted by Crippen LogP contribution is 2.43. The summed E-state index contributed by atoms with van der Waals surface area (Å²) in [6.07, 6.45) is 14.5. The average molecular weight is 316 g/mol. The van der Waals surface area contributed by atoms with Gasteiger partial charge in [-0.3, -0.25) is 4.79 Å². The Kier molecular flexibility index (Phi) is 6.41. The molecule has 0 saturated carbocycles. The lowest BCUT2D eigenvalue weighted by molar-refractivity contribution is -0.112. The first kappa shape index (κ1) is 18.2. The molecule has 0 amide bonds. The first-order valence-electron chi connectivity index (χ1n) is 9.13. The van der Waals surface area contributed by atoms with Crippen molar-refractivity contribution >= 4 is 5.78 Å². The van der Waals surface area contributed by atoms with Gasteiger partial charge >= 0.3 is 0 Å². The third kappa shape index (κ3) is 4.91. The number of ketones is 1. The summed E-state index contributed by atoms with van der Waals surface area (Å²) in [6, 6.07) is 0. The second kappa shape index (κ2) is 8.10. The minimum absolute atomic E-state index is 0.123. The molecule has 0 radical (unpaired) electrons. The van der Waals surface area contributed by atoms with Crippen LogP contribution < -0.4 is 0 Å². The molecule has 0 aromatic heterocycles. The fourth-order valence-electron chi connectivity index (χ4n) is 4.19. The molecular weight excluding hydrogens is 284 g/mol. The monoisotopic (exact) mass is 316 g/mol. The van der Waals surface area contributed by atoms with Crippen molar-refractivity contribution in [1.29, 1.82) is 0 Å². The van der Waals surface area contributed by atoms with Gasteiger partial charge in [-0.1, -0.05) is 51.5 Å². The van der Waals surface area contributed by atoms with E-state index >= 15 is 0 Å². The lowest BCUT2D eigenvalue weighted by atomic mass is 9.65. The van der Waals surface area contributed by atoms with Crippen molar-refractivity contribution in [1.82, 2.24) is 0 Å². The number of rotatable bonds is 6. The summed E-state index contributed by atoms with van der Waals surface area (Å²) in [4.78, 5) is 11.0. The zero-order valence-electron chi connectivity index (χ0n) is 15.0. The maximum absolute atomic E-state index is 11.0. The van der Waals surface area contributed by atoms with E-state index in [0.717, 1.165) is 25.7 Å². The molecule has 0 fully saturated rings. The molecule has 23 heavy (non-hydrogen) atoms. The van der Waals surface area contributed by atoms with Crippen molar-refractivity contribution in [3.63, 3.8) is 0 Å². The Morgan fingerprint density at radius 1 is 1.43 bits per heavy atom. The van der Waals surface area contributed by atoms with E-state index in [4.69, 9.17) is 0 Å². The number of carbonyl (C=O) groups is 1. The van der Waals surface area contributed by atoms with Crippen molar-refractivity contribution in [2.45, 2.75) is 59.5 Å². The molecule has 2 nitrogen and oxygen atoms in total. The third-order valence-electron chi connectivity index (χ3n) is 5.50. The van der Waals surface area contributed by atoms with E-state index in [9.17, 15) is 9.90 Å². The second-order valence-electron chi connectivity index (χ2n) is 7.79. The predicted octanol–water partition coefficient (Wildman–Crippen LogP) is 4.70. The summed E-state index contributed by atoms with van der Waals surface area (Å²) in [7, 11) is 0. The van der Waals surface area contributed by atoms with E-state index in [0.29, 0.717) is 29.6 Å². The molecule has 2 heteroatoms. The van der Waals surface area contributed by atoms with Gasteiger partial charge in [0, 0.05) is 5.92 Å². The summed E-state index contributed by atoms with van der Waals surface area (Å²) < 4.78 is 0. The highest BCUT2D eigenvalue weighted by atomic mass is 16.3. The van der Waals surface area contributed by atoms with Gasteiger partial charge in [-0.05, 0) is 61.5 Å². The molecule has 2 rings (SSSR count). The molecule has 0 aromatic rings. The summed E-state index contributed by atoms with van der Waals surface area (Å²) in [5.41, 5.74) is 1.35. The molecule has 6 atom stereocenters. The van der Waals surface area contributed by atoms with E-state index < -0.39 is 0 Å². The summed E-state index contributed by atoms with van der Waals surface area (Å²) in [6.45, 7) is 8.32. The van der Waals surface area contributed by atoms with Gasteiger partial charge < -0.3 is 5.11 Å². The van der Waals surface area contributed by atoms with Crippen molar-refractivity contribution in [3.8, 4) is 0 Å². The zero-order chi connectivity index (χ0) is 17.0. The Labute approximate surface area is 141 Å². The van der Waals surface area contributed by atoms with Crippen LogP contribution in [0.1, 0.15) is 53.4 Å². The molecule has 0 spiro atoms. The molecule has 0 saturated heterocycles. The first-order chi connectivity index (χ1) is 10.9. The highest BCUT2D eigenvalue weighted by Gasteiger charge is 2.38. The van der Waals surface area contributed by atoms with Gasteiger partial charge in [0.15, 0.2) is 5.78 Å². The van der Waals surface area contributed by atoms with Crippen LogP contribution in [0.2, 0.25) is 0 Å². The summed E-state index contributed by atoms with van der Waals surface area (Å²) in [5.74, 6) is 2.55. The maximum atomic E-state index is 11.0. The molecule has 0 heterocycles. The molecular formula is C21H32O2. The fourth-order valence-corrected chi connectivity index (χ4v) is 4.19. The molecule has 2 aliphatic carbocycles. The van der Waals surface area contributed by atoms with Crippen LogP contribution in [-0.2, 0) is 4.79 Å². The number of carbonyl (C=O) groups excluding carboxylic acids is 1. The van der Waals surface area contributed by atoms with E-state index in [1.54, 1.807) is 13.0 Å². The van der Waals surface area contributed by atoms with Crippen LogP contribution in [-0.4, -0.2) is 17.0 Å². The number of aliphatic hydroxyl groups excluding tert-OH is 1. The van der Waals surface area contributed by atoms with E-state index in [-0.39, 0.29) is 11.9 Å². The Bertz CT molecular complexity index is 500. The van der Waals surface area contributed by atoms with Gasteiger partial charge in [0.2, 0.25) is 0 Å². The van der Waals surface area contributed by atoms with Crippen molar-refractivity contribution in [2.75, 3.05) is 0 Å². The lowest BCUT2D eigenvalue weighted by Gasteiger charge is -2.41. The number of hydrogen-bond donors (Lipinski definition) is 1. The zero-order valence-corrected chi connectivity index (χ0v) is 15.0. The average Bonchev–Trinajstić information content (AvgIpc) is 2.46. The minimum atomic E-state index is -0.199. The van der Waals surface area contributed by atoms with E-state index in [1.807, 2.05) is 6.08 Å². The molecule has 0 bridgehead atoms. The number of allylic oxidation sites excluding steroid dienone is 5. The molecule has 2 aliphatic rings. The SMILES string of the molecule is CC(=O)/C=C\CC(C)CC[C@@H]1C2C(=C[C@H](C)C[C@@H]2O)C=C[C@@H]1C. The molecule has 0 aromatic carbocycles. The smallest absolute Gasteiger partial charge is 0.152 e. The number of hydrogen-bond acceptors (Lipinski definition) is 2. The largest absolute Gasteiger partial charge is 0.392 e. The van der Waals surface area contributed by atoms with Crippen LogP contribution >= 0.6 is 0 Å². The Balaban J connectivity index is 1.97. The van der Waals surface area contributed by atoms with Gasteiger partial charge in [0.05, 0.1) is 6.10 Å². The molecule has 128 valence electrons. The lowest BCUT2D eigenvalue weighted by Crippen LogP contribution is -2.38. The first-order valence-corrected chi connectivity index (χ1v) is 9.13. The van der Waals surface area contributed by atoms with Crippen molar-refractivity contribution in [3.05, 3.63) is 36.0 Å². The van der Waals surface area contributed by atoms with Crippen LogP contribution in [0, 0.1) is 29.6 Å². The van der Waals surface area contributed by atoms with Gasteiger partial charge in [-0.2, -0.15) is 0 Å². The summed E-state index contributed by atoms with van der Waals surface area (Å²) >= 11 is 0. The van der Waals surface area contributed by atoms with E-state index in [1.165, 1.54) is 5.57 Å². The molecule has 2 unspecified atom stereocenters. The van der Waals surface area contributed by atoms with Crippen LogP contribution in [0.5, 0.6) is 0 Å². The normalized spacial score (nSPS) is 35.0. The quantitative estimate of drug-likeness (QED) is 0.721. The minimum Gasteiger partial charge on any atom is -0.392 e. The van der Waals surface area contributed by atoms with Crippen molar-refractivity contribution < 1.29 is 9.90 Å². The second-order valence-corrected chi connectivity index (χ2v) is 7.79. The van der Waals surface area contributed by atoms with Gasteiger partial charge in [-0.15, -0.1) is 0 Å². The topological polar surface area (TPSA) is 37.3 Å². The molecule has 0 aliphatic heterocycles. The Morgan fingerprint density at radius 3 is 2.87 bits per heavy atom. The third-order valence-corrected chi connectivity index (χ3v) is 5.50. The standard InChI is InChI=1S/C21H32O2/c1-14(6-5-7-17(4)22)8-11-19-16(3)9-10-18-12-15(2)13-20(23)21(18)19/h5,7,9-10,12,14-16,19-21,23H,6,8,11,13H2,1-4H3/b7-5-/t14?,15-,16-,19-,20-,21?/m0/s1. The van der Waals surface area contributed by atoms with Crippen LogP contribution in [0.4, 0.5) is 0 Å². The fraction of sp³-hybridized carbons (Fsp3) is 0.667. The highest BCUT2D eigenvalue weighted by molar-refractivity contribution is 5.87. The predicted molar refractivity (Wildman–Crippen MR) is 96.0 cm³/mol. The van der Waals surface area contributed by atoms with Gasteiger partial charge in [-0.25, -0.2) is 0 Å². The van der Waals surface area contributed by atoms with E-state index in [2.05, 4.69) is 39.0 Å². The maximum Gasteiger partial charge on any atom is 0.152 e. The summed E-state index contributed by atoms with van der Waals surface area (Å²) in [5, 5.41) is 10.6. The van der Waals surface area contributed by atoms with Crippen LogP contribution in [0.15, 0.2) is 36.0 Å².